The minimum Gasteiger partial charge on any atom is -0.166 e. The van der Waals surface area contributed by atoms with Crippen LogP contribution in [0.1, 0.15) is 118 Å². The van der Waals surface area contributed by atoms with Gasteiger partial charge < -0.3 is 0 Å². The lowest BCUT2D eigenvalue weighted by Gasteiger charge is -2.14. The summed E-state index contributed by atoms with van der Waals surface area (Å²) >= 11 is 39.7. The first kappa shape index (κ1) is 50.4. The maximum atomic E-state index is 12.4. The van der Waals surface area contributed by atoms with Gasteiger partial charge in [-0.3, -0.25) is 0 Å². The van der Waals surface area contributed by atoms with Crippen molar-refractivity contribution in [2.24, 2.45) is 0 Å². The molecule has 14 heteroatoms. The zero-order valence-corrected chi connectivity index (χ0v) is 38.8. The second-order valence-electron chi connectivity index (χ2n) is 13.2. The molecule has 53 heavy (non-hydrogen) atoms. The smallest absolute Gasteiger partial charge is 0.166 e. The molecule has 0 aliphatic rings. The van der Waals surface area contributed by atoms with Crippen LogP contribution in [0.2, 0.25) is 25.1 Å². The molecule has 0 spiro atoms. The van der Waals surface area contributed by atoms with E-state index in [1.807, 2.05) is 41.5 Å². The molecule has 4 aromatic carbocycles. The van der Waals surface area contributed by atoms with Crippen LogP contribution in [0.25, 0.3) is 0 Å². The average molecular weight is 1040 g/mol. The predicted octanol–water partition coefficient (Wildman–Crippen LogP) is 19.1. The van der Waals surface area contributed by atoms with Gasteiger partial charge in [0.05, 0.1) is 11.1 Å². The SMILES string of the molecule is CC(C)c1c(Br)cc(Br)cc1Br.CC(C)c1c(Cl)cc(C(F)(F)F)cc1Cl.CC(C)c1c(Cl)cc(Cl)cc1Cl.Cc1cc(C(C)C)cc(C(F)(F)F)c1. The van der Waals surface area contributed by atoms with Gasteiger partial charge in [-0.1, -0.05) is 173 Å². The molecule has 0 unspecified atom stereocenters. The van der Waals surface area contributed by atoms with Crippen molar-refractivity contribution in [1.29, 1.82) is 0 Å². The molecule has 0 fully saturated rings. The number of rotatable bonds is 4. The van der Waals surface area contributed by atoms with Crippen LogP contribution in [0, 0.1) is 6.92 Å². The first-order valence-electron chi connectivity index (χ1n) is 16.1. The maximum absolute atomic E-state index is 12.4. The average Bonchev–Trinajstić information content (AvgIpc) is 2.95. The highest BCUT2D eigenvalue weighted by Gasteiger charge is 2.32. The summed E-state index contributed by atoms with van der Waals surface area (Å²) in [5, 5.41) is 1.98. The Labute approximate surface area is 359 Å². The molecule has 0 nitrogen and oxygen atoms in total. The summed E-state index contributed by atoms with van der Waals surface area (Å²) in [6, 6.07) is 13.6. The van der Waals surface area contributed by atoms with Crippen LogP contribution < -0.4 is 0 Å². The predicted molar refractivity (Wildman–Crippen MR) is 225 cm³/mol. The molecule has 0 heterocycles. The lowest BCUT2D eigenvalue weighted by molar-refractivity contribution is -0.138. The summed E-state index contributed by atoms with van der Waals surface area (Å²) in [5.74, 6) is 0.965. The first-order chi connectivity index (χ1) is 24.1. The quantitative estimate of drug-likeness (QED) is 0.179. The molecule has 4 rings (SSSR count). The summed E-state index contributed by atoms with van der Waals surface area (Å²) in [7, 11) is 0. The molecule has 0 saturated carbocycles. The number of hydrogen-bond acceptors (Lipinski definition) is 0. The molecule has 0 saturated heterocycles. The molecule has 0 amide bonds. The van der Waals surface area contributed by atoms with Crippen molar-refractivity contribution < 1.29 is 26.3 Å². The summed E-state index contributed by atoms with van der Waals surface area (Å²) in [4.78, 5) is 0. The monoisotopic (exact) mass is 1030 g/mol. The fourth-order valence-corrected chi connectivity index (χ4v) is 10.2. The summed E-state index contributed by atoms with van der Waals surface area (Å²) in [6.07, 6.45) is -8.65. The molecular formula is C39H40Br3Cl5F6. The van der Waals surface area contributed by atoms with Crippen molar-refractivity contribution in [1.82, 2.24) is 0 Å². The fourth-order valence-electron chi connectivity index (χ4n) is 4.82. The zero-order chi connectivity index (χ0) is 41.3. The van der Waals surface area contributed by atoms with Crippen molar-refractivity contribution in [3.05, 3.63) is 132 Å². The third-order valence-electron chi connectivity index (χ3n) is 7.32. The van der Waals surface area contributed by atoms with E-state index in [1.165, 1.54) is 17.7 Å². The number of hydrogen-bond donors (Lipinski definition) is 0. The highest BCUT2D eigenvalue weighted by atomic mass is 79.9. The van der Waals surface area contributed by atoms with Crippen molar-refractivity contribution in [2.75, 3.05) is 0 Å². The molecule has 0 bridgehead atoms. The zero-order valence-electron chi connectivity index (χ0n) is 30.3. The Morgan fingerprint density at radius 1 is 0.453 bits per heavy atom. The molecule has 0 aromatic heterocycles. The van der Waals surface area contributed by atoms with Crippen LogP contribution >= 0.6 is 106 Å². The lowest BCUT2D eigenvalue weighted by Crippen LogP contribution is -2.06. The summed E-state index contributed by atoms with van der Waals surface area (Å²) in [6.45, 7) is 17.5. The number of alkyl halides is 6. The molecule has 0 aliphatic carbocycles. The van der Waals surface area contributed by atoms with Crippen molar-refractivity contribution in [3.63, 3.8) is 0 Å². The minimum absolute atomic E-state index is 0.00714. The Kier molecular flexibility index (Phi) is 20.7. The van der Waals surface area contributed by atoms with Gasteiger partial charge in [0, 0.05) is 38.5 Å². The van der Waals surface area contributed by atoms with E-state index < -0.39 is 23.5 Å². The van der Waals surface area contributed by atoms with Crippen LogP contribution in [-0.2, 0) is 12.4 Å². The van der Waals surface area contributed by atoms with Gasteiger partial charge in [0.15, 0.2) is 0 Å². The molecule has 0 radical (unpaired) electrons. The third kappa shape index (κ3) is 16.4. The molecular weight excluding hydrogens is 999 g/mol. The fraction of sp³-hybridized carbons (Fsp3) is 0.385. The summed E-state index contributed by atoms with van der Waals surface area (Å²) < 4.78 is 77.7. The van der Waals surface area contributed by atoms with Crippen LogP contribution in [0.5, 0.6) is 0 Å². The second-order valence-corrected chi connectivity index (χ2v) is 17.9. The minimum atomic E-state index is -4.41. The molecule has 4 aromatic rings. The third-order valence-corrected chi connectivity index (χ3v) is 10.6. The Morgan fingerprint density at radius 3 is 1.11 bits per heavy atom. The standard InChI is InChI=1S/C11H13F3.C10H9Cl2F3.C9H9Br3.C9H9Cl3/c1-7(2)9-4-8(3)5-10(6-9)11(12,13)14;1-5(2)9-7(11)3-6(4-8(9)12)10(13,14)15;2*1-5(2)9-7(11)3-6(10)4-8(9)12/h4-7H,1-3H3;3-5H,1-2H3;2*3-5H,1-2H3. The van der Waals surface area contributed by atoms with Gasteiger partial charge in [-0.25, -0.2) is 0 Å². The highest BCUT2D eigenvalue weighted by molar-refractivity contribution is 9.11. The van der Waals surface area contributed by atoms with E-state index in [-0.39, 0.29) is 21.9 Å². The molecule has 294 valence electrons. The maximum Gasteiger partial charge on any atom is 0.416 e. The second kappa shape index (κ2) is 21.8. The van der Waals surface area contributed by atoms with Crippen LogP contribution in [0.15, 0.2) is 68.0 Å². The van der Waals surface area contributed by atoms with E-state index in [4.69, 9.17) is 58.0 Å². The Hall–Kier alpha value is -0.650. The molecule has 0 atom stereocenters. The topological polar surface area (TPSA) is 0 Å². The van der Waals surface area contributed by atoms with Gasteiger partial charge in [0.2, 0.25) is 0 Å². The Bertz CT molecular complexity index is 1690. The van der Waals surface area contributed by atoms with Gasteiger partial charge in [-0.15, -0.1) is 0 Å². The van der Waals surface area contributed by atoms with Gasteiger partial charge in [0.25, 0.3) is 0 Å². The van der Waals surface area contributed by atoms with E-state index in [1.54, 1.807) is 25.1 Å². The van der Waals surface area contributed by atoms with Gasteiger partial charge in [-0.2, -0.15) is 26.3 Å². The van der Waals surface area contributed by atoms with Crippen molar-refractivity contribution >= 4 is 106 Å². The Balaban J connectivity index is 0.000000355. The van der Waals surface area contributed by atoms with Gasteiger partial charge in [0.1, 0.15) is 0 Å². The van der Waals surface area contributed by atoms with Crippen LogP contribution in [-0.4, -0.2) is 0 Å². The summed E-state index contributed by atoms with van der Waals surface area (Å²) in [5.41, 5.74) is 2.84. The van der Waals surface area contributed by atoms with E-state index in [0.717, 1.165) is 36.7 Å². The van der Waals surface area contributed by atoms with Crippen LogP contribution in [0.3, 0.4) is 0 Å². The van der Waals surface area contributed by atoms with Gasteiger partial charge >= 0.3 is 12.4 Å². The molecule has 0 N–H and O–H groups in total. The van der Waals surface area contributed by atoms with Crippen molar-refractivity contribution in [3.8, 4) is 0 Å². The number of aryl methyl sites for hydroxylation is 1. The number of benzene rings is 4. The normalized spacial score (nSPS) is 11.6. The van der Waals surface area contributed by atoms with E-state index >= 15 is 0 Å². The van der Waals surface area contributed by atoms with Crippen molar-refractivity contribution in [2.45, 2.75) is 98.3 Å². The van der Waals surface area contributed by atoms with Gasteiger partial charge in [-0.05, 0) is 101 Å². The van der Waals surface area contributed by atoms with Crippen LogP contribution in [0.4, 0.5) is 26.3 Å². The lowest BCUT2D eigenvalue weighted by atomic mass is 9.98. The van der Waals surface area contributed by atoms with E-state index in [9.17, 15) is 26.3 Å². The highest BCUT2D eigenvalue weighted by Crippen LogP contribution is 2.39. The largest absolute Gasteiger partial charge is 0.416 e. The number of halogens is 14. The van der Waals surface area contributed by atoms with E-state index in [0.29, 0.717) is 38.0 Å². The first-order valence-corrected chi connectivity index (χ1v) is 20.4. The molecule has 0 aliphatic heterocycles. The van der Waals surface area contributed by atoms with E-state index in [2.05, 4.69) is 73.8 Å². The Morgan fingerprint density at radius 2 is 0.792 bits per heavy atom.